The molecule has 0 saturated heterocycles. The first-order valence-corrected chi connectivity index (χ1v) is 12.1. The number of aromatic nitrogens is 1. The van der Waals surface area contributed by atoms with Gasteiger partial charge in [-0.15, -0.1) is 11.3 Å². The molecule has 0 bridgehead atoms. The van der Waals surface area contributed by atoms with Gasteiger partial charge in [0.1, 0.15) is 0 Å². The summed E-state index contributed by atoms with van der Waals surface area (Å²) in [5.74, 6) is -0.451. The molecule has 1 fully saturated rings. The van der Waals surface area contributed by atoms with E-state index in [1.807, 2.05) is 30.3 Å². The largest absolute Gasteiger partial charge is 0.478 e. The van der Waals surface area contributed by atoms with Crippen molar-refractivity contribution in [2.24, 2.45) is 0 Å². The minimum atomic E-state index is -0.939. The van der Waals surface area contributed by atoms with E-state index in [9.17, 15) is 14.3 Å². The number of thiophene rings is 1. The Morgan fingerprint density at radius 1 is 1.10 bits per heavy atom. The molecule has 8 heteroatoms. The van der Waals surface area contributed by atoms with Crippen LogP contribution in [0.1, 0.15) is 34.7 Å². The van der Waals surface area contributed by atoms with Crippen LogP contribution in [0, 0.1) is 5.13 Å². The SMILES string of the molecule is O=C(O)c1ccc(C2CC2)c(SNc2cc(-c3ccns3)ccc2-c2ccc(F)s2)c1. The molecule has 4 aromatic rings. The summed E-state index contributed by atoms with van der Waals surface area (Å²) in [5, 5.41) is 9.18. The molecule has 2 aromatic heterocycles. The molecular formula is C23H17FN2O2S3. The molecule has 2 heterocycles. The van der Waals surface area contributed by atoms with Gasteiger partial charge in [0, 0.05) is 21.5 Å². The summed E-state index contributed by atoms with van der Waals surface area (Å²) < 4.78 is 21.3. The highest BCUT2D eigenvalue weighted by molar-refractivity contribution is 8.00. The maximum atomic E-state index is 13.7. The number of carboxylic acids is 1. The maximum absolute atomic E-state index is 13.7. The zero-order valence-electron chi connectivity index (χ0n) is 16.2. The highest BCUT2D eigenvalue weighted by atomic mass is 32.2. The number of anilines is 1. The van der Waals surface area contributed by atoms with Crippen molar-refractivity contribution in [1.29, 1.82) is 0 Å². The predicted molar refractivity (Wildman–Crippen MR) is 126 cm³/mol. The Balaban J connectivity index is 1.51. The number of halogens is 1. The van der Waals surface area contributed by atoms with Gasteiger partial charge in [-0.05, 0) is 89.8 Å². The average molecular weight is 469 g/mol. The fourth-order valence-electron chi connectivity index (χ4n) is 3.42. The maximum Gasteiger partial charge on any atom is 0.335 e. The molecule has 0 amide bonds. The quantitative estimate of drug-likeness (QED) is 0.277. The molecule has 1 aliphatic rings. The van der Waals surface area contributed by atoms with E-state index < -0.39 is 5.97 Å². The number of nitrogens with zero attached hydrogens (tertiary/aromatic N) is 1. The molecule has 31 heavy (non-hydrogen) atoms. The number of rotatable bonds is 7. The van der Waals surface area contributed by atoms with Gasteiger partial charge in [-0.3, -0.25) is 0 Å². The van der Waals surface area contributed by atoms with Gasteiger partial charge in [0.2, 0.25) is 0 Å². The second kappa shape index (κ2) is 8.45. The first-order chi connectivity index (χ1) is 15.1. The molecule has 1 aliphatic carbocycles. The van der Waals surface area contributed by atoms with E-state index in [1.165, 1.54) is 35.1 Å². The second-order valence-corrected chi connectivity index (χ2v) is 9.99. The van der Waals surface area contributed by atoms with E-state index in [0.29, 0.717) is 5.92 Å². The lowest BCUT2D eigenvalue weighted by atomic mass is 10.1. The van der Waals surface area contributed by atoms with E-state index in [2.05, 4.69) is 9.10 Å². The van der Waals surface area contributed by atoms with Crippen LogP contribution in [0.15, 0.2) is 65.7 Å². The Hall–Kier alpha value is -2.68. The van der Waals surface area contributed by atoms with Crippen LogP contribution in [0.2, 0.25) is 0 Å². The molecule has 0 atom stereocenters. The molecule has 2 N–H and O–H groups in total. The number of benzene rings is 2. The second-order valence-electron chi connectivity index (χ2n) is 7.28. The van der Waals surface area contributed by atoms with E-state index in [-0.39, 0.29) is 10.7 Å². The fraction of sp³-hybridized carbons (Fsp3) is 0.130. The third-order valence-electron chi connectivity index (χ3n) is 5.13. The number of aromatic carboxylic acids is 1. The van der Waals surface area contributed by atoms with Crippen LogP contribution < -0.4 is 4.72 Å². The normalized spacial score (nSPS) is 13.3. The lowest BCUT2D eigenvalue weighted by Crippen LogP contribution is -1.99. The van der Waals surface area contributed by atoms with Gasteiger partial charge in [0.05, 0.1) is 16.1 Å². The highest BCUT2D eigenvalue weighted by Gasteiger charge is 2.27. The average Bonchev–Trinajstić information content (AvgIpc) is 3.28. The molecule has 0 unspecified atom stereocenters. The van der Waals surface area contributed by atoms with Crippen molar-refractivity contribution < 1.29 is 14.3 Å². The third-order valence-corrected chi connectivity index (χ3v) is 7.73. The van der Waals surface area contributed by atoms with Gasteiger partial charge in [-0.25, -0.2) is 9.17 Å². The Morgan fingerprint density at radius 3 is 2.65 bits per heavy atom. The summed E-state index contributed by atoms with van der Waals surface area (Å²) in [6, 6.07) is 16.6. The summed E-state index contributed by atoms with van der Waals surface area (Å²) >= 11 is 3.93. The van der Waals surface area contributed by atoms with Gasteiger partial charge in [-0.1, -0.05) is 18.2 Å². The molecule has 2 aromatic carbocycles. The van der Waals surface area contributed by atoms with E-state index in [1.54, 1.807) is 24.4 Å². The first-order valence-electron chi connectivity index (χ1n) is 9.69. The number of hydrogen-bond acceptors (Lipinski definition) is 6. The highest BCUT2D eigenvalue weighted by Crippen LogP contribution is 2.45. The van der Waals surface area contributed by atoms with Gasteiger partial charge in [0.15, 0.2) is 5.13 Å². The van der Waals surface area contributed by atoms with Crippen LogP contribution in [0.5, 0.6) is 0 Å². The zero-order chi connectivity index (χ0) is 21.4. The fourth-order valence-corrected chi connectivity index (χ4v) is 5.70. The molecule has 5 rings (SSSR count). The van der Waals surface area contributed by atoms with Crippen LogP contribution >= 0.6 is 34.8 Å². The molecule has 1 saturated carbocycles. The number of carbonyl (C=O) groups is 1. The van der Waals surface area contributed by atoms with Crippen LogP contribution in [0.4, 0.5) is 10.1 Å². The van der Waals surface area contributed by atoms with Crippen molar-refractivity contribution >= 4 is 46.5 Å². The van der Waals surface area contributed by atoms with Crippen LogP contribution in [-0.4, -0.2) is 15.4 Å². The molecular weight excluding hydrogens is 451 g/mol. The van der Waals surface area contributed by atoms with Gasteiger partial charge in [-0.2, -0.15) is 4.39 Å². The van der Waals surface area contributed by atoms with Crippen LogP contribution in [0.25, 0.3) is 20.9 Å². The summed E-state index contributed by atoms with van der Waals surface area (Å²) in [5.41, 5.74) is 4.21. The van der Waals surface area contributed by atoms with Gasteiger partial charge < -0.3 is 9.83 Å². The minimum Gasteiger partial charge on any atom is -0.478 e. The Morgan fingerprint density at radius 2 is 1.97 bits per heavy atom. The van der Waals surface area contributed by atoms with Crippen molar-refractivity contribution in [3.8, 4) is 20.9 Å². The van der Waals surface area contributed by atoms with E-state index >= 15 is 0 Å². The molecule has 0 radical (unpaired) electrons. The van der Waals surface area contributed by atoms with E-state index in [4.69, 9.17) is 0 Å². The number of nitrogens with one attached hydrogen (secondary N) is 1. The Bertz CT molecular complexity index is 1250. The summed E-state index contributed by atoms with van der Waals surface area (Å²) in [4.78, 5) is 14.3. The molecule has 4 nitrogen and oxygen atoms in total. The van der Waals surface area contributed by atoms with Crippen LogP contribution in [-0.2, 0) is 0 Å². The molecule has 0 spiro atoms. The number of hydrogen-bond donors (Lipinski definition) is 2. The van der Waals surface area contributed by atoms with Crippen molar-refractivity contribution in [1.82, 2.24) is 4.37 Å². The number of carboxylic acid groups (broad SMARTS) is 1. The van der Waals surface area contributed by atoms with Crippen molar-refractivity contribution in [2.45, 2.75) is 23.7 Å². The minimum absolute atomic E-state index is 0.231. The first kappa shape index (κ1) is 20.2. The monoisotopic (exact) mass is 468 g/mol. The zero-order valence-corrected chi connectivity index (χ0v) is 18.6. The van der Waals surface area contributed by atoms with Gasteiger partial charge >= 0.3 is 5.97 Å². The van der Waals surface area contributed by atoms with Crippen molar-refractivity contribution in [3.05, 3.63) is 77.1 Å². The summed E-state index contributed by atoms with van der Waals surface area (Å²) in [6.07, 6.45) is 4.02. The van der Waals surface area contributed by atoms with Crippen molar-refractivity contribution in [3.63, 3.8) is 0 Å². The molecule has 156 valence electrons. The topological polar surface area (TPSA) is 62.2 Å². The third kappa shape index (κ3) is 4.37. The molecule has 0 aliphatic heterocycles. The smallest absolute Gasteiger partial charge is 0.335 e. The standard InChI is InChI=1S/C23H17FN2O2S3/c24-22-8-7-20(29-22)17-6-3-14(19-9-10-25-30-19)11-18(17)26-31-21-12-15(23(27)28)4-5-16(21)13-1-2-13/h3-13,26H,1-2H2,(H,27,28). The summed E-state index contributed by atoms with van der Waals surface area (Å²) in [6.45, 7) is 0. The lowest BCUT2D eigenvalue weighted by Gasteiger charge is -2.14. The van der Waals surface area contributed by atoms with E-state index in [0.717, 1.165) is 55.6 Å². The lowest BCUT2D eigenvalue weighted by molar-refractivity contribution is 0.0696. The summed E-state index contributed by atoms with van der Waals surface area (Å²) in [7, 11) is 0. The van der Waals surface area contributed by atoms with Gasteiger partial charge in [0.25, 0.3) is 0 Å². The van der Waals surface area contributed by atoms with Crippen molar-refractivity contribution in [2.75, 3.05) is 4.72 Å². The Labute approximate surface area is 191 Å². The van der Waals surface area contributed by atoms with Crippen LogP contribution in [0.3, 0.4) is 0 Å². The predicted octanol–water partition coefficient (Wildman–Crippen LogP) is 7.37. The Kier molecular flexibility index (Phi) is 5.52.